The van der Waals surface area contributed by atoms with Crippen LogP contribution in [-0.2, 0) is 12.8 Å². The zero-order valence-corrected chi connectivity index (χ0v) is 10.9. The Balaban J connectivity index is 2.30. The first-order chi connectivity index (χ1) is 7.65. The minimum Gasteiger partial charge on any atom is -0.140 e. The van der Waals surface area contributed by atoms with Gasteiger partial charge in [0.2, 0.25) is 0 Å². The second-order valence-electron chi connectivity index (χ2n) is 4.82. The van der Waals surface area contributed by atoms with Gasteiger partial charge in [-0.05, 0) is 61.9 Å². The van der Waals surface area contributed by atoms with Gasteiger partial charge in [-0.2, -0.15) is 0 Å². The van der Waals surface area contributed by atoms with Crippen LogP contribution < -0.4 is 0 Å². The van der Waals surface area contributed by atoms with Crippen molar-refractivity contribution in [1.29, 1.82) is 0 Å². The SMILES string of the molecule is Cc1cc(C)c2c(c1)-c1sc(C)cc1CC2. The quantitative estimate of drug-likeness (QED) is 0.625. The molecule has 0 nitrogen and oxygen atoms in total. The third kappa shape index (κ3) is 1.42. The number of rotatable bonds is 0. The number of hydrogen-bond donors (Lipinski definition) is 0. The van der Waals surface area contributed by atoms with Crippen molar-refractivity contribution >= 4 is 11.3 Å². The first-order valence-corrected chi connectivity index (χ1v) is 6.66. The minimum absolute atomic E-state index is 1.21. The molecule has 0 unspecified atom stereocenters. The summed E-state index contributed by atoms with van der Waals surface area (Å²) in [6.45, 7) is 6.66. The third-order valence-corrected chi connectivity index (χ3v) is 4.56. The largest absolute Gasteiger partial charge is 0.140 e. The number of hydrogen-bond acceptors (Lipinski definition) is 1. The molecule has 1 aliphatic carbocycles. The topological polar surface area (TPSA) is 0 Å². The van der Waals surface area contributed by atoms with Crippen LogP contribution in [-0.4, -0.2) is 0 Å². The molecule has 0 saturated heterocycles. The molecule has 0 fully saturated rings. The lowest BCUT2D eigenvalue weighted by atomic mass is 9.87. The summed E-state index contributed by atoms with van der Waals surface area (Å²) in [6.07, 6.45) is 2.43. The monoisotopic (exact) mass is 228 g/mol. The fourth-order valence-corrected chi connectivity index (χ4v) is 3.88. The van der Waals surface area contributed by atoms with E-state index in [0.29, 0.717) is 0 Å². The first-order valence-electron chi connectivity index (χ1n) is 5.85. The van der Waals surface area contributed by atoms with Crippen molar-refractivity contribution < 1.29 is 0 Å². The maximum Gasteiger partial charge on any atom is 0.0380 e. The molecule has 0 radical (unpaired) electrons. The van der Waals surface area contributed by atoms with Gasteiger partial charge in [-0.25, -0.2) is 0 Å². The Morgan fingerprint density at radius 2 is 1.81 bits per heavy atom. The van der Waals surface area contributed by atoms with Gasteiger partial charge in [0, 0.05) is 9.75 Å². The number of aryl methyl sites for hydroxylation is 4. The van der Waals surface area contributed by atoms with Gasteiger partial charge in [0.25, 0.3) is 0 Å². The van der Waals surface area contributed by atoms with E-state index >= 15 is 0 Å². The fourth-order valence-electron chi connectivity index (χ4n) is 2.77. The van der Waals surface area contributed by atoms with Gasteiger partial charge >= 0.3 is 0 Å². The molecule has 1 heterocycles. The van der Waals surface area contributed by atoms with Crippen LogP contribution in [0.25, 0.3) is 10.4 Å². The second kappa shape index (κ2) is 3.46. The van der Waals surface area contributed by atoms with Gasteiger partial charge in [0.15, 0.2) is 0 Å². The van der Waals surface area contributed by atoms with E-state index in [2.05, 4.69) is 39.0 Å². The average Bonchev–Trinajstić information content (AvgIpc) is 2.58. The highest BCUT2D eigenvalue weighted by Gasteiger charge is 2.19. The van der Waals surface area contributed by atoms with E-state index < -0.39 is 0 Å². The molecule has 0 amide bonds. The highest BCUT2D eigenvalue weighted by molar-refractivity contribution is 7.15. The standard InChI is InChI=1S/C15H16S/c1-9-6-10(2)13-5-4-12-8-11(3)16-15(12)14(13)7-9/h6-8H,4-5H2,1-3H3. The summed E-state index contributed by atoms with van der Waals surface area (Å²) in [5.41, 5.74) is 7.47. The van der Waals surface area contributed by atoms with E-state index in [1.54, 1.807) is 11.1 Å². The predicted molar refractivity (Wildman–Crippen MR) is 71.4 cm³/mol. The fraction of sp³-hybridized carbons (Fsp3) is 0.333. The molecule has 0 N–H and O–H groups in total. The summed E-state index contributed by atoms with van der Waals surface area (Å²) in [4.78, 5) is 2.96. The van der Waals surface area contributed by atoms with Crippen molar-refractivity contribution in [3.63, 3.8) is 0 Å². The molecule has 0 saturated carbocycles. The predicted octanol–water partition coefficient (Wildman–Crippen LogP) is 4.44. The molecule has 0 bridgehead atoms. The average molecular weight is 228 g/mol. The van der Waals surface area contributed by atoms with Gasteiger partial charge in [0.1, 0.15) is 0 Å². The number of fused-ring (bicyclic) bond motifs is 3. The van der Waals surface area contributed by atoms with Gasteiger partial charge < -0.3 is 0 Å². The van der Waals surface area contributed by atoms with E-state index in [0.717, 1.165) is 0 Å². The van der Waals surface area contributed by atoms with Crippen LogP contribution in [0.2, 0.25) is 0 Å². The van der Waals surface area contributed by atoms with Crippen LogP contribution in [0, 0.1) is 20.8 Å². The van der Waals surface area contributed by atoms with Gasteiger partial charge in [-0.1, -0.05) is 17.7 Å². The van der Waals surface area contributed by atoms with Crippen LogP contribution in [0.5, 0.6) is 0 Å². The Bertz CT molecular complexity index is 561. The molecule has 16 heavy (non-hydrogen) atoms. The van der Waals surface area contributed by atoms with E-state index in [4.69, 9.17) is 0 Å². The summed E-state index contributed by atoms with van der Waals surface area (Å²) in [5.74, 6) is 0. The Kier molecular flexibility index (Phi) is 2.18. The zero-order valence-electron chi connectivity index (χ0n) is 10.1. The smallest absolute Gasteiger partial charge is 0.0380 e. The Labute approximate surface area is 101 Å². The molecule has 0 atom stereocenters. The maximum absolute atomic E-state index is 2.36. The molecule has 1 aromatic carbocycles. The van der Waals surface area contributed by atoms with Crippen molar-refractivity contribution in [3.05, 3.63) is 45.3 Å². The highest BCUT2D eigenvalue weighted by Crippen LogP contribution is 2.40. The highest BCUT2D eigenvalue weighted by atomic mass is 32.1. The molecule has 3 rings (SSSR count). The van der Waals surface area contributed by atoms with Gasteiger partial charge in [-0.15, -0.1) is 11.3 Å². The lowest BCUT2D eigenvalue weighted by Gasteiger charge is -2.19. The molecule has 0 aliphatic heterocycles. The minimum atomic E-state index is 1.21. The summed E-state index contributed by atoms with van der Waals surface area (Å²) in [5, 5.41) is 0. The van der Waals surface area contributed by atoms with Crippen LogP contribution in [0.1, 0.15) is 27.1 Å². The molecule has 2 aromatic rings. The summed E-state index contributed by atoms with van der Waals surface area (Å²) in [7, 11) is 0. The lowest BCUT2D eigenvalue weighted by molar-refractivity contribution is 0.936. The van der Waals surface area contributed by atoms with Crippen molar-refractivity contribution in [1.82, 2.24) is 0 Å². The Morgan fingerprint density at radius 1 is 1.00 bits per heavy atom. The zero-order chi connectivity index (χ0) is 11.3. The summed E-state index contributed by atoms with van der Waals surface area (Å²) in [6, 6.07) is 7.03. The molecule has 1 heteroatoms. The van der Waals surface area contributed by atoms with Crippen molar-refractivity contribution in [3.8, 4) is 10.4 Å². The Morgan fingerprint density at radius 3 is 2.62 bits per heavy atom. The van der Waals surface area contributed by atoms with Crippen LogP contribution >= 0.6 is 11.3 Å². The normalized spacial score (nSPS) is 13.4. The lowest BCUT2D eigenvalue weighted by Crippen LogP contribution is -2.03. The van der Waals surface area contributed by atoms with Crippen LogP contribution in [0.15, 0.2) is 18.2 Å². The van der Waals surface area contributed by atoms with Gasteiger partial charge in [0.05, 0.1) is 0 Å². The third-order valence-electron chi connectivity index (χ3n) is 3.44. The van der Waals surface area contributed by atoms with E-state index in [1.807, 2.05) is 11.3 Å². The molecule has 1 aliphatic rings. The first kappa shape index (κ1) is 10.1. The second-order valence-corrected chi connectivity index (χ2v) is 6.08. The number of benzene rings is 1. The molecule has 82 valence electrons. The maximum atomic E-state index is 2.36. The van der Waals surface area contributed by atoms with Crippen molar-refractivity contribution in [2.75, 3.05) is 0 Å². The van der Waals surface area contributed by atoms with Crippen molar-refractivity contribution in [2.24, 2.45) is 0 Å². The van der Waals surface area contributed by atoms with E-state index in [-0.39, 0.29) is 0 Å². The van der Waals surface area contributed by atoms with Crippen LogP contribution in [0.4, 0.5) is 0 Å². The van der Waals surface area contributed by atoms with Gasteiger partial charge in [-0.3, -0.25) is 0 Å². The van der Waals surface area contributed by atoms with Crippen LogP contribution in [0.3, 0.4) is 0 Å². The molecular weight excluding hydrogens is 212 g/mol. The van der Waals surface area contributed by atoms with Crippen molar-refractivity contribution in [2.45, 2.75) is 33.6 Å². The summed E-state index contributed by atoms with van der Waals surface area (Å²) < 4.78 is 0. The molecule has 1 aromatic heterocycles. The number of thiophene rings is 1. The summed E-state index contributed by atoms with van der Waals surface area (Å²) >= 11 is 1.95. The molecule has 0 spiro atoms. The van der Waals surface area contributed by atoms with E-state index in [9.17, 15) is 0 Å². The molecular formula is C15H16S. The Hall–Kier alpha value is -1.08. The van der Waals surface area contributed by atoms with E-state index in [1.165, 1.54) is 39.3 Å².